The van der Waals surface area contributed by atoms with E-state index in [2.05, 4.69) is 37.5 Å². The van der Waals surface area contributed by atoms with Gasteiger partial charge in [-0.15, -0.1) is 0 Å². The molecule has 1 aromatic rings. The van der Waals surface area contributed by atoms with Gasteiger partial charge in [0.2, 0.25) is 5.91 Å². The summed E-state index contributed by atoms with van der Waals surface area (Å²) in [6.07, 6.45) is 4.38. The Morgan fingerprint density at radius 1 is 1.24 bits per heavy atom. The topological polar surface area (TPSA) is 41.1 Å². The summed E-state index contributed by atoms with van der Waals surface area (Å²) in [5, 5.41) is 6.69. The Morgan fingerprint density at radius 3 is 2.67 bits per heavy atom. The summed E-state index contributed by atoms with van der Waals surface area (Å²) in [7, 11) is 0. The minimum atomic E-state index is 0.0647. The number of hydrogen-bond acceptors (Lipinski definition) is 2. The largest absolute Gasteiger partial charge is 0.382 e. The summed E-state index contributed by atoms with van der Waals surface area (Å²) in [5.74, 6) is 1.53. The molecule has 3 heteroatoms. The van der Waals surface area contributed by atoms with Crippen LogP contribution < -0.4 is 10.6 Å². The van der Waals surface area contributed by atoms with Crippen molar-refractivity contribution in [2.75, 3.05) is 10.6 Å². The summed E-state index contributed by atoms with van der Waals surface area (Å²) in [6, 6.07) is 6.63. The summed E-state index contributed by atoms with van der Waals surface area (Å²) in [4.78, 5) is 11.6. The Labute approximate surface area is 128 Å². The maximum atomic E-state index is 11.6. The molecule has 0 bridgehead atoms. The molecule has 3 nitrogen and oxygen atoms in total. The second kappa shape index (κ2) is 6.97. The highest BCUT2D eigenvalue weighted by Crippen LogP contribution is 2.33. The van der Waals surface area contributed by atoms with Gasteiger partial charge in [-0.1, -0.05) is 39.7 Å². The van der Waals surface area contributed by atoms with Crippen LogP contribution in [0.4, 0.5) is 11.4 Å². The van der Waals surface area contributed by atoms with Crippen LogP contribution >= 0.6 is 0 Å². The SMILES string of the molecule is CCC(=O)Nc1cccc(NC2CCCC(C)C2C)c1C. The van der Waals surface area contributed by atoms with Crippen LogP contribution in [0.15, 0.2) is 18.2 Å². The molecule has 1 saturated carbocycles. The average Bonchev–Trinajstić information content (AvgIpc) is 2.47. The van der Waals surface area contributed by atoms with E-state index >= 15 is 0 Å². The number of benzene rings is 1. The van der Waals surface area contributed by atoms with Gasteiger partial charge >= 0.3 is 0 Å². The summed E-state index contributed by atoms with van der Waals surface area (Å²) in [6.45, 7) is 8.64. The molecular formula is C18H28N2O. The van der Waals surface area contributed by atoms with Crippen molar-refractivity contribution in [2.24, 2.45) is 11.8 Å². The van der Waals surface area contributed by atoms with Gasteiger partial charge in [0.05, 0.1) is 0 Å². The Kier molecular flexibility index (Phi) is 5.27. The highest BCUT2D eigenvalue weighted by molar-refractivity contribution is 5.92. The third kappa shape index (κ3) is 3.78. The van der Waals surface area contributed by atoms with Gasteiger partial charge in [0, 0.05) is 23.8 Å². The maximum Gasteiger partial charge on any atom is 0.224 e. The number of rotatable bonds is 4. The molecule has 2 N–H and O–H groups in total. The molecule has 1 aromatic carbocycles. The van der Waals surface area contributed by atoms with E-state index in [1.165, 1.54) is 19.3 Å². The van der Waals surface area contributed by atoms with Gasteiger partial charge in [0.1, 0.15) is 0 Å². The Morgan fingerprint density at radius 2 is 1.95 bits per heavy atom. The number of carbonyl (C=O) groups excluding carboxylic acids is 1. The zero-order valence-corrected chi connectivity index (χ0v) is 13.7. The van der Waals surface area contributed by atoms with Crippen LogP contribution in [0.2, 0.25) is 0 Å². The predicted molar refractivity (Wildman–Crippen MR) is 89.7 cm³/mol. The van der Waals surface area contributed by atoms with Crippen molar-refractivity contribution in [3.05, 3.63) is 23.8 Å². The first-order chi connectivity index (χ1) is 10.0. The highest BCUT2D eigenvalue weighted by Gasteiger charge is 2.27. The van der Waals surface area contributed by atoms with Gasteiger partial charge in [-0.2, -0.15) is 0 Å². The molecule has 1 fully saturated rings. The van der Waals surface area contributed by atoms with Crippen LogP contribution in [0, 0.1) is 18.8 Å². The second-order valence-corrected chi connectivity index (χ2v) is 6.40. The molecule has 116 valence electrons. The van der Waals surface area contributed by atoms with Crippen LogP contribution in [-0.4, -0.2) is 11.9 Å². The van der Waals surface area contributed by atoms with E-state index in [-0.39, 0.29) is 5.91 Å². The lowest BCUT2D eigenvalue weighted by Gasteiger charge is -2.35. The zero-order chi connectivity index (χ0) is 15.4. The lowest BCUT2D eigenvalue weighted by Crippen LogP contribution is -2.35. The van der Waals surface area contributed by atoms with E-state index < -0.39 is 0 Å². The zero-order valence-electron chi connectivity index (χ0n) is 13.7. The second-order valence-electron chi connectivity index (χ2n) is 6.40. The average molecular weight is 288 g/mol. The molecule has 3 atom stereocenters. The van der Waals surface area contributed by atoms with Crippen LogP contribution in [0.25, 0.3) is 0 Å². The normalized spacial score (nSPS) is 25.4. The van der Waals surface area contributed by atoms with Gasteiger partial charge in [0.15, 0.2) is 0 Å². The van der Waals surface area contributed by atoms with Gasteiger partial charge in [-0.3, -0.25) is 4.79 Å². The fourth-order valence-corrected chi connectivity index (χ4v) is 3.15. The number of amides is 1. The molecule has 0 aromatic heterocycles. The van der Waals surface area contributed by atoms with Crippen molar-refractivity contribution in [2.45, 2.75) is 59.4 Å². The monoisotopic (exact) mass is 288 g/mol. The van der Waals surface area contributed by atoms with Crippen molar-refractivity contribution in [3.8, 4) is 0 Å². The van der Waals surface area contributed by atoms with Crippen LogP contribution in [0.5, 0.6) is 0 Å². The highest BCUT2D eigenvalue weighted by atomic mass is 16.1. The van der Waals surface area contributed by atoms with Crippen molar-refractivity contribution in [3.63, 3.8) is 0 Å². The molecule has 0 radical (unpaired) electrons. The van der Waals surface area contributed by atoms with E-state index in [4.69, 9.17) is 0 Å². The van der Waals surface area contributed by atoms with E-state index in [0.29, 0.717) is 18.4 Å². The Bertz CT molecular complexity index is 498. The lowest BCUT2D eigenvalue weighted by molar-refractivity contribution is -0.115. The van der Waals surface area contributed by atoms with Gasteiger partial charge < -0.3 is 10.6 Å². The fraction of sp³-hybridized carbons (Fsp3) is 0.611. The van der Waals surface area contributed by atoms with Crippen LogP contribution in [0.3, 0.4) is 0 Å². The quantitative estimate of drug-likeness (QED) is 0.851. The van der Waals surface area contributed by atoms with Crippen LogP contribution in [-0.2, 0) is 4.79 Å². The third-order valence-electron chi connectivity index (χ3n) is 4.98. The smallest absolute Gasteiger partial charge is 0.224 e. The summed E-state index contributed by atoms with van der Waals surface area (Å²) in [5.41, 5.74) is 3.20. The van der Waals surface area contributed by atoms with Gasteiger partial charge in [-0.25, -0.2) is 0 Å². The van der Waals surface area contributed by atoms with E-state index in [0.717, 1.165) is 22.9 Å². The number of nitrogens with one attached hydrogen (secondary N) is 2. The Balaban J connectivity index is 2.13. The fourth-order valence-electron chi connectivity index (χ4n) is 3.15. The standard InChI is InChI=1S/C18H28N2O/c1-5-18(21)20-17-11-7-10-16(14(17)4)19-15-9-6-8-12(2)13(15)3/h7,10-13,15,19H,5-6,8-9H2,1-4H3,(H,20,21). The lowest BCUT2D eigenvalue weighted by atomic mass is 9.78. The molecule has 1 aliphatic rings. The van der Waals surface area contributed by atoms with Gasteiger partial charge in [-0.05, 0) is 42.9 Å². The van der Waals surface area contributed by atoms with E-state index in [1.54, 1.807) is 0 Å². The molecule has 0 aliphatic heterocycles. The maximum absolute atomic E-state index is 11.6. The third-order valence-corrected chi connectivity index (χ3v) is 4.98. The minimum Gasteiger partial charge on any atom is -0.382 e. The van der Waals surface area contributed by atoms with Crippen molar-refractivity contribution >= 4 is 17.3 Å². The molecule has 1 aliphatic carbocycles. The first-order valence-corrected chi connectivity index (χ1v) is 8.19. The molecule has 2 rings (SSSR count). The molecule has 0 spiro atoms. The van der Waals surface area contributed by atoms with Crippen molar-refractivity contribution < 1.29 is 4.79 Å². The van der Waals surface area contributed by atoms with Crippen LogP contribution in [0.1, 0.15) is 52.0 Å². The molecule has 1 amide bonds. The molecule has 0 saturated heterocycles. The predicted octanol–water partition coefficient (Wildman–Crippen LogP) is 4.58. The number of anilines is 2. The molecule has 21 heavy (non-hydrogen) atoms. The van der Waals surface area contributed by atoms with E-state index in [9.17, 15) is 4.79 Å². The van der Waals surface area contributed by atoms with Crippen molar-refractivity contribution in [1.29, 1.82) is 0 Å². The van der Waals surface area contributed by atoms with Gasteiger partial charge in [0.25, 0.3) is 0 Å². The van der Waals surface area contributed by atoms with E-state index in [1.807, 2.05) is 19.1 Å². The summed E-state index contributed by atoms with van der Waals surface area (Å²) >= 11 is 0. The number of hydrogen-bond donors (Lipinski definition) is 2. The summed E-state index contributed by atoms with van der Waals surface area (Å²) < 4.78 is 0. The Hall–Kier alpha value is -1.51. The molecule has 3 unspecified atom stereocenters. The minimum absolute atomic E-state index is 0.0647. The molecular weight excluding hydrogens is 260 g/mol. The molecule has 0 heterocycles. The van der Waals surface area contributed by atoms with Crippen molar-refractivity contribution in [1.82, 2.24) is 0 Å². The number of carbonyl (C=O) groups is 1. The first kappa shape index (κ1) is 15.9. The first-order valence-electron chi connectivity index (χ1n) is 8.19.